The van der Waals surface area contributed by atoms with Gasteiger partial charge in [0.2, 0.25) is 0 Å². The van der Waals surface area contributed by atoms with E-state index in [9.17, 15) is 0 Å². The minimum absolute atomic E-state index is 0.689. The molecule has 0 spiro atoms. The zero-order chi connectivity index (χ0) is 40.3. The molecule has 12 aromatic rings. The van der Waals surface area contributed by atoms with E-state index in [0.29, 0.717) is 5.82 Å². The number of hydrogen-bond acceptors (Lipinski definition) is 3. The van der Waals surface area contributed by atoms with Crippen LogP contribution in [0, 0.1) is 0 Å². The van der Waals surface area contributed by atoms with Crippen molar-refractivity contribution in [1.82, 2.24) is 9.97 Å². The van der Waals surface area contributed by atoms with Crippen molar-refractivity contribution >= 4 is 63.8 Å². The highest BCUT2D eigenvalue weighted by atomic mass is 32.1. The summed E-state index contributed by atoms with van der Waals surface area (Å²) >= 11 is 1.85. The predicted molar refractivity (Wildman–Crippen MR) is 260 cm³/mol. The van der Waals surface area contributed by atoms with Gasteiger partial charge in [0.05, 0.1) is 11.4 Å². The normalized spacial score (nSPS) is 11.6. The fourth-order valence-electron chi connectivity index (χ4n) is 9.13. The monoisotopic (exact) mass is 792 g/mol. The number of hydrogen-bond donors (Lipinski definition) is 0. The maximum absolute atomic E-state index is 5.40. The van der Waals surface area contributed by atoms with Crippen LogP contribution in [0.5, 0.6) is 0 Å². The van der Waals surface area contributed by atoms with Gasteiger partial charge < -0.3 is 0 Å². The molecule has 0 saturated heterocycles. The van der Waals surface area contributed by atoms with Crippen molar-refractivity contribution in [3.63, 3.8) is 0 Å². The Morgan fingerprint density at radius 1 is 0.279 bits per heavy atom. The Labute approximate surface area is 357 Å². The van der Waals surface area contributed by atoms with Gasteiger partial charge >= 0.3 is 0 Å². The topological polar surface area (TPSA) is 25.8 Å². The second-order valence-electron chi connectivity index (χ2n) is 15.7. The van der Waals surface area contributed by atoms with E-state index in [1.54, 1.807) is 0 Å². The number of nitrogens with zero attached hydrogens (tertiary/aromatic N) is 2. The number of rotatable bonds is 6. The van der Waals surface area contributed by atoms with Gasteiger partial charge in [-0.15, -0.1) is 11.3 Å². The van der Waals surface area contributed by atoms with Crippen LogP contribution in [0.25, 0.3) is 120 Å². The van der Waals surface area contributed by atoms with Crippen LogP contribution in [0.1, 0.15) is 0 Å². The molecule has 0 aliphatic heterocycles. The first kappa shape index (κ1) is 35.2. The highest BCUT2D eigenvalue weighted by Crippen LogP contribution is 2.44. The lowest BCUT2D eigenvalue weighted by molar-refractivity contribution is 1.18. The van der Waals surface area contributed by atoms with E-state index in [-0.39, 0.29) is 0 Å². The number of benzene rings is 10. The second kappa shape index (κ2) is 14.5. The van der Waals surface area contributed by atoms with Gasteiger partial charge in [0, 0.05) is 36.9 Å². The third-order valence-electron chi connectivity index (χ3n) is 12.0. The van der Waals surface area contributed by atoms with Gasteiger partial charge in [-0.25, -0.2) is 9.97 Å². The lowest BCUT2D eigenvalue weighted by Gasteiger charge is -2.18. The minimum atomic E-state index is 0.689. The molecule has 0 unspecified atom stereocenters. The van der Waals surface area contributed by atoms with E-state index in [1.165, 1.54) is 63.6 Å². The quantitative estimate of drug-likeness (QED) is 0.124. The number of thiophene rings is 1. The summed E-state index contributed by atoms with van der Waals surface area (Å²) in [6.45, 7) is 0. The van der Waals surface area contributed by atoms with Crippen LogP contribution in [0.3, 0.4) is 0 Å². The lowest BCUT2D eigenvalue weighted by atomic mass is 9.87. The second-order valence-corrected chi connectivity index (χ2v) is 16.8. The van der Waals surface area contributed by atoms with Crippen molar-refractivity contribution in [2.75, 3.05) is 0 Å². The molecule has 0 atom stereocenters. The first-order valence-electron chi connectivity index (χ1n) is 20.7. The summed E-state index contributed by atoms with van der Waals surface area (Å²) in [6.07, 6.45) is 0. The first-order chi connectivity index (χ1) is 30.2. The Balaban J connectivity index is 1.10. The highest BCUT2D eigenvalue weighted by molar-refractivity contribution is 7.25. The molecule has 61 heavy (non-hydrogen) atoms. The molecule has 10 aromatic carbocycles. The highest BCUT2D eigenvalue weighted by Gasteiger charge is 2.19. The van der Waals surface area contributed by atoms with Crippen LogP contribution in [-0.4, -0.2) is 9.97 Å². The van der Waals surface area contributed by atoms with Crippen molar-refractivity contribution in [3.05, 3.63) is 218 Å². The van der Waals surface area contributed by atoms with E-state index in [1.807, 2.05) is 17.4 Å². The van der Waals surface area contributed by atoms with E-state index < -0.39 is 0 Å². The van der Waals surface area contributed by atoms with Crippen LogP contribution in [0.15, 0.2) is 218 Å². The fourth-order valence-corrected chi connectivity index (χ4v) is 10.2. The van der Waals surface area contributed by atoms with E-state index >= 15 is 0 Å². The molecule has 0 radical (unpaired) electrons. The van der Waals surface area contributed by atoms with Crippen molar-refractivity contribution in [1.29, 1.82) is 0 Å². The zero-order valence-corrected chi connectivity index (χ0v) is 33.9. The van der Waals surface area contributed by atoms with Crippen molar-refractivity contribution in [2.24, 2.45) is 0 Å². The Kier molecular flexibility index (Phi) is 8.39. The van der Waals surface area contributed by atoms with Gasteiger partial charge in [-0.05, 0) is 114 Å². The van der Waals surface area contributed by atoms with Gasteiger partial charge in [-0.2, -0.15) is 0 Å². The molecular weight excluding hydrogens is 757 g/mol. The molecule has 12 rings (SSSR count). The van der Waals surface area contributed by atoms with Crippen molar-refractivity contribution < 1.29 is 0 Å². The van der Waals surface area contributed by atoms with Gasteiger partial charge in [0.1, 0.15) is 0 Å². The standard InChI is InChI=1S/C58H36N2S/c1-3-15-37(16-4-1)42-31-43(40-28-30-56-52(34-40)48-24-13-14-26-55(48)61-56)33-44(32-42)53-36-54(60-58(59-53)39-18-5-2-6-19-39)47-23-11-12-25-49(47)57-46-22-10-8-20-41(46)35-51-45-21-9-7-17-38(45)27-29-50(51)57/h1-36H. The summed E-state index contributed by atoms with van der Waals surface area (Å²) in [4.78, 5) is 10.8. The molecule has 0 aliphatic rings. The Hall–Kier alpha value is -7.72. The summed E-state index contributed by atoms with van der Waals surface area (Å²) in [5.41, 5.74) is 11.8. The molecule has 2 heterocycles. The Bertz CT molecular complexity index is 3640. The molecule has 284 valence electrons. The van der Waals surface area contributed by atoms with Gasteiger partial charge in [0.15, 0.2) is 5.82 Å². The summed E-state index contributed by atoms with van der Waals surface area (Å²) in [5, 5.41) is 9.95. The average molecular weight is 793 g/mol. The van der Waals surface area contributed by atoms with Gasteiger partial charge in [-0.1, -0.05) is 170 Å². The third-order valence-corrected chi connectivity index (χ3v) is 13.2. The van der Waals surface area contributed by atoms with Crippen LogP contribution in [0.4, 0.5) is 0 Å². The Morgan fingerprint density at radius 2 is 0.885 bits per heavy atom. The Morgan fingerprint density at radius 3 is 1.70 bits per heavy atom. The summed E-state index contributed by atoms with van der Waals surface area (Å²) < 4.78 is 2.60. The summed E-state index contributed by atoms with van der Waals surface area (Å²) in [6, 6.07) is 78.9. The van der Waals surface area contributed by atoms with E-state index in [2.05, 4.69) is 212 Å². The van der Waals surface area contributed by atoms with Crippen LogP contribution in [0.2, 0.25) is 0 Å². The van der Waals surface area contributed by atoms with E-state index in [4.69, 9.17) is 9.97 Å². The largest absolute Gasteiger partial charge is 0.228 e. The molecule has 2 nitrogen and oxygen atoms in total. The fraction of sp³-hybridized carbons (Fsp3) is 0. The third kappa shape index (κ3) is 6.18. The first-order valence-corrected chi connectivity index (χ1v) is 21.5. The van der Waals surface area contributed by atoms with Gasteiger partial charge in [0.25, 0.3) is 0 Å². The predicted octanol–water partition coefficient (Wildman–Crippen LogP) is 16.3. The van der Waals surface area contributed by atoms with Crippen LogP contribution in [-0.2, 0) is 0 Å². The molecule has 3 heteroatoms. The SMILES string of the molecule is c1ccc(-c2cc(-c3ccc4sc5ccccc5c4c3)cc(-c3cc(-c4ccccc4-c4c5ccccc5cc5c4ccc4ccccc45)nc(-c4ccccc4)n3)c2)cc1. The van der Waals surface area contributed by atoms with Crippen LogP contribution < -0.4 is 0 Å². The summed E-state index contributed by atoms with van der Waals surface area (Å²) in [5.74, 6) is 0.689. The zero-order valence-electron chi connectivity index (χ0n) is 33.1. The molecule has 0 bridgehead atoms. The molecule has 0 amide bonds. The molecule has 0 saturated carbocycles. The molecule has 2 aromatic heterocycles. The smallest absolute Gasteiger partial charge is 0.160 e. The molecule has 0 aliphatic carbocycles. The molecule has 0 N–H and O–H groups in total. The van der Waals surface area contributed by atoms with Crippen LogP contribution >= 0.6 is 11.3 Å². The minimum Gasteiger partial charge on any atom is -0.228 e. The van der Waals surface area contributed by atoms with Crippen molar-refractivity contribution in [3.8, 4) is 67.3 Å². The van der Waals surface area contributed by atoms with E-state index in [0.717, 1.165) is 50.3 Å². The maximum Gasteiger partial charge on any atom is 0.160 e. The lowest BCUT2D eigenvalue weighted by Crippen LogP contribution is -1.98. The van der Waals surface area contributed by atoms with Gasteiger partial charge in [-0.3, -0.25) is 0 Å². The molecular formula is C58H36N2S. The average Bonchev–Trinajstić information content (AvgIpc) is 3.71. The van der Waals surface area contributed by atoms with Crippen molar-refractivity contribution in [2.45, 2.75) is 0 Å². The molecule has 0 fully saturated rings. The number of fused-ring (bicyclic) bond motifs is 7. The summed E-state index contributed by atoms with van der Waals surface area (Å²) in [7, 11) is 0. The number of aromatic nitrogens is 2. The maximum atomic E-state index is 5.40.